The van der Waals surface area contributed by atoms with Gasteiger partial charge in [-0.1, -0.05) is 12.1 Å². The summed E-state index contributed by atoms with van der Waals surface area (Å²) in [6.45, 7) is 2.31. The van der Waals surface area contributed by atoms with Gasteiger partial charge in [-0.2, -0.15) is 0 Å². The highest BCUT2D eigenvalue weighted by molar-refractivity contribution is 6.09. The van der Waals surface area contributed by atoms with Crippen molar-refractivity contribution >= 4 is 17.5 Å². The van der Waals surface area contributed by atoms with E-state index in [0.29, 0.717) is 34.9 Å². The summed E-state index contributed by atoms with van der Waals surface area (Å²) in [6, 6.07) is 11.7. The fourth-order valence-electron chi connectivity index (χ4n) is 2.21. The summed E-state index contributed by atoms with van der Waals surface area (Å²) < 4.78 is 10.7. The van der Waals surface area contributed by atoms with Gasteiger partial charge < -0.3 is 20.1 Å². The van der Waals surface area contributed by atoms with E-state index in [-0.39, 0.29) is 11.8 Å². The average Bonchev–Trinajstić information content (AvgIpc) is 2.61. The summed E-state index contributed by atoms with van der Waals surface area (Å²) in [7, 11) is 3.08. The van der Waals surface area contributed by atoms with E-state index >= 15 is 0 Å². The number of ether oxygens (including phenoxy) is 2. The quantitative estimate of drug-likeness (QED) is 0.855. The van der Waals surface area contributed by atoms with Crippen LogP contribution in [0.5, 0.6) is 11.5 Å². The topological polar surface area (TPSA) is 76.7 Å². The molecule has 0 aliphatic carbocycles. The van der Waals surface area contributed by atoms with Crippen LogP contribution in [0.25, 0.3) is 0 Å². The zero-order valence-electron chi connectivity index (χ0n) is 13.9. The Hall–Kier alpha value is -3.02. The average molecular weight is 328 g/mol. The van der Waals surface area contributed by atoms with Crippen molar-refractivity contribution in [2.45, 2.75) is 6.92 Å². The maximum absolute atomic E-state index is 12.5. The Morgan fingerprint density at radius 1 is 1.04 bits per heavy atom. The molecular formula is C18H20N2O4. The molecule has 0 radical (unpaired) electrons. The molecule has 0 unspecified atom stereocenters. The van der Waals surface area contributed by atoms with Crippen LogP contribution >= 0.6 is 0 Å². The Morgan fingerprint density at radius 3 is 2.46 bits per heavy atom. The third-order valence-electron chi connectivity index (χ3n) is 3.37. The molecule has 2 N–H and O–H groups in total. The van der Waals surface area contributed by atoms with E-state index in [1.165, 1.54) is 7.11 Å². The third kappa shape index (κ3) is 3.84. The first kappa shape index (κ1) is 17.3. The monoisotopic (exact) mass is 328 g/mol. The van der Waals surface area contributed by atoms with Gasteiger partial charge >= 0.3 is 0 Å². The second kappa shape index (κ2) is 8.01. The molecule has 0 heterocycles. The van der Waals surface area contributed by atoms with Crippen LogP contribution in [-0.2, 0) is 0 Å². The molecule has 0 saturated heterocycles. The van der Waals surface area contributed by atoms with E-state index in [1.54, 1.807) is 49.5 Å². The van der Waals surface area contributed by atoms with Gasteiger partial charge in [0.25, 0.3) is 11.8 Å². The standard InChI is InChI=1S/C18H20N2O4/c1-4-24-16-11-12(9-10-15(16)23-3)17(21)20-14-8-6-5-7-13(14)18(22)19-2/h5-11H,4H2,1-3H3,(H,19,22)(H,20,21). The highest BCUT2D eigenvalue weighted by atomic mass is 16.5. The minimum absolute atomic E-state index is 0.268. The van der Waals surface area contributed by atoms with E-state index < -0.39 is 0 Å². The maximum Gasteiger partial charge on any atom is 0.255 e. The highest BCUT2D eigenvalue weighted by Gasteiger charge is 2.15. The Kier molecular flexibility index (Phi) is 5.78. The molecule has 6 nitrogen and oxygen atoms in total. The van der Waals surface area contributed by atoms with Gasteiger partial charge in [0.15, 0.2) is 11.5 Å². The first-order valence-corrected chi connectivity index (χ1v) is 7.54. The summed E-state index contributed by atoms with van der Waals surface area (Å²) in [5.41, 5.74) is 1.24. The number of anilines is 1. The van der Waals surface area contributed by atoms with Gasteiger partial charge in [-0.05, 0) is 37.3 Å². The van der Waals surface area contributed by atoms with Crippen LogP contribution in [0.4, 0.5) is 5.69 Å². The van der Waals surface area contributed by atoms with Crippen molar-refractivity contribution < 1.29 is 19.1 Å². The minimum atomic E-state index is -0.338. The van der Waals surface area contributed by atoms with Gasteiger partial charge in [0.1, 0.15) is 0 Å². The van der Waals surface area contributed by atoms with Crippen LogP contribution in [-0.4, -0.2) is 32.6 Å². The van der Waals surface area contributed by atoms with Crippen molar-refractivity contribution in [1.82, 2.24) is 5.32 Å². The van der Waals surface area contributed by atoms with E-state index in [4.69, 9.17) is 9.47 Å². The molecule has 6 heteroatoms. The fraction of sp³-hybridized carbons (Fsp3) is 0.222. The summed E-state index contributed by atoms with van der Waals surface area (Å²) in [6.07, 6.45) is 0. The molecule has 2 rings (SSSR count). The van der Waals surface area contributed by atoms with Crippen LogP contribution in [0, 0.1) is 0 Å². The lowest BCUT2D eigenvalue weighted by molar-refractivity contribution is 0.0964. The lowest BCUT2D eigenvalue weighted by atomic mass is 10.1. The van der Waals surface area contributed by atoms with Crippen molar-refractivity contribution in [2.24, 2.45) is 0 Å². The summed E-state index contributed by atoms with van der Waals surface area (Å²) in [4.78, 5) is 24.4. The SMILES string of the molecule is CCOc1cc(C(=O)Nc2ccccc2C(=O)NC)ccc1OC. The van der Waals surface area contributed by atoms with Crippen molar-refractivity contribution in [3.63, 3.8) is 0 Å². The second-order valence-electron chi connectivity index (χ2n) is 4.88. The number of methoxy groups -OCH3 is 1. The third-order valence-corrected chi connectivity index (χ3v) is 3.37. The van der Waals surface area contributed by atoms with Gasteiger partial charge in [-0.15, -0.1) is 0 Å². The molecule has 24 heavy (non-hydrogen) atoms. The summed E-state index contributed by atoms with van der Waals surface area (Å²) >= 11 is 0. The lowest BCUT2D eigenvalue weighted by Crippen LogP contribution is -2.21. The molecule has 0 saturated carbocycles. The first-order chi connectivity index (χ1) is 11.6. The number of hydrogen-bond donors (Lipinski definition) is 2. The van der Waals surface area contributed by atoms with E-state index in [1.807, 2.05) is 6.92 Å². The molecule has 126 valence electrons. The van der Waals surface area contributed by atoms with E-state index in [0.717, 1.165) is 0 Å². The van der Waals surface area contributed by atoms with Crippen molar-refractivity contribution in [3.8, 4) is 11.5 Å². The number of para-hydroxylation sites is 1. The van der Waals surface area contributed by atoms with Crippen molar-refractivity contribution in [2.75, 3.05) is 26.1 Å². The normalized spacial score (nSPS) is 9.96. The smallest absolute Gasteiger partial charge is 0.255 e. The van der Waals surface area contributed by atoms with Crippen LogP contribution in [0.15, 0.2) is 42.5 Å². The first-order valence-electron chi connectivity index (χ1n) is 7.54. The van der Waals surface area contributed by atoms with Crippen molar-refractivity contribution in [1.29, 1.82) is 0 Å². The Bertz CT molecular complexity index is 744. The number of amides is 2. The fourth-order valence-corrected chi connectivity index (χ4v) is 2.21. The van der Waals surface area contributed by atoms with Gasteiger partial charge in [0.2, 0.25) is 0 Å². The molecule has 0 aliphatic rings. The number of carbonyl (C=O) groups is 2. The van der Waals surface area contributed by atoms with Gasteiger partial charge in [-0.3, -0.25) is 9.59 Å². The zero-order chi connectivity index (χ0) is 17.5. The molecule has 0 spiro atoms. The maximum atomic E-state index is 12.5. The Labute approximate surface area is 140 Å². The molecular weight excluding hydrogens is 308 g/mol. The largest absolute Gasteiger partial charge is 0.493 e. The number of hydrogen-bond acceptors (Lipinski definition) is 4. The lowest BCUT2D eigenvalue weighted by Gasteiger charge is -2.12. The van der Waals surface area contributed by atoms with Gasteiger partial charge in [0, 0.05) is 12.6 Å². The van der Waals surface area contributed by atoms with Crippen molar-refractivity contribution in [3.05, 3.63) is 53.6 Å². The molecule has 2 aromatic rings. The summed E-state index contributed by atoms with van der Waals surface area (Å²) in [5, 5.41) is 5.30. The van der Waals surface area contributed by atoms with Crippen LogP contribution in [0.1, 0.15) is 27.6 Å². The van der Waals surface area contributed by atoms with Gasteiger partial charge in [0.05, 0.1) is 25.0 Å². The number of carbonyl (C=O) groups excluding carboxylic acids is 2. The molecule has 2 amide bonds. The molecule has 0 fully saturated rings. The van der Waals surface area contributed by atoms with Gasteiger partial charge in [-0.25, -0.2) is 0 Å². The predicted molar refractivity (Wildman–Crippen MR) is 91.9 cm³/mol. The number of benzene rings is 2. The minimum Gasteiger partial charge on any atom is -0.493 e. The van der Waals surface area contributed by atoms with E-state index in [2.05, 4.69) is 10.6 Å². The molecule has 0 atom stereocenters. The van der Waals surface area contributed by atoms with Crippen LogP contribution < -0.4 is 20.1 Å². The Balaban J connectivity index is 2.28. The molecule has 0 aliphatic heterocycles. The highest BCUT2D eigenvalue weighted by Crippen LogP contribution is 2.28. The van der Waals surface area contributed by atoms with Crippen LogP contribution in [0.3, 0.4) is 0 Å². The summed E-state index contributed by atoms with van der Waals surface area (Å²) in [5.74, 6) is 0.442. The molecule has 0 aromatic heterocycles. The molecule has 0 bridgehead atoms. The number of nitrogens with one attached hydrogen (secondary N) is 2. The predicted octanol–water partition coefficient (Wildman–Crippen LogP) is 2.71. The van der Waals surface area contributed by atoms with E-state index in [9.17, 15) is 9.59 Å². The van der Waals surface area contributed by atoms with Crippen LogP contribution in [0.2, 0.25) is 0 Å². The zero-order valence-corrected chi connectivity index (χ0v) is 13.9. The second-order valence-corrected chi connectivity index (χ2v) is 4.88. The Morgan fingerprint density at radius 2 is 1.79 bits per heavy atom. The molecule has 2 aromatic carbocycles. The number of rotatable bonds is 6.